The molecule has 1 aliphatic heterocycles. The quantitative estimate of drug-likeness (QED) is 0.770. The standard InChI is InChI=1S/C12H12ClN3O2/c1-8(13)12(17)16-6-10(7-16)18-11-4-9(5-14)2-3-15-11/h2-4,8,10H,6-7H2,1H3. The number of carbonyl (C=O) groups is 1. The number of carbonyl (C=O) groups excluding carboxylic acids is 1. The molecule has 1 aliphatic rings. The Morgan fingerprint density at radius 3 is 3.06 bits per heavy atom. The van der Waals surface area contributed by atoms with E-state index in [0.717, 1.165) is 0 Å². The van der Waals surface area contributed by atoms with Crippen molar-refractivity contribution >= 4 is 17.5 Å². The summed E-state index contributed by atoms with van der Waals surface area (Å²) in [5.74, 6) is 0.320. The van der Waals surface area contributed by atoms with Crippen LogP contribution in [0.1, 0.15) is 12.5 Å². The average molecular weight is 266 g/mol. The molecule has 18 heavy (non-hydrogen) atoms. The molecule has 0 aromatic carbocycles. The van der Waals surface area contributed by atoms with Crippen molar-refractivity contribution in [3.05, 3.63) is 23.9 Å². The normalized spacial score (nSPS) is 16.6. The van der Waals surface area contributed by atoms with Crippen LogP contribution in [0.25, 0.3) is 0 Å². The zero-order chi connectivity index (χ0) is 13.1. The molecule has 0 aliphatic carbocycles. The molecule has 1 unspecified atom stereocenters. The highest BCUT2D eigenvalue weighted by Crippen LogP contribution is 2.18. The van der Waals surface area contributed by atoms with Crippen LogP contribution in [0, 0.1) is 11.3 Å². The Hall–Kier alpha value is -1.80. The minimum atomic E-state index is -0.508. The first-order valence-electron chi connectivity index (χ1n) is 5.56. The monoisotopic (exact) mass is 265 g/mol. The number of ether oxygens (including phenoxy) is 1. The van der Waals surface area contributed by atoms with Gasteiger partial charge in [0.25, 0.3) is 0 Å². The number of aromatic nitrogens is 1. The maximum absolute atomic E-state index is 11.5. The fourth-order valence-electron chi connectivity index (χ4n) is 1.66. The molecule has 1 saturated heterocycles. The molecule has 6 heteroatoms. The lowest BCUT2D eigenvalue weighted by Gasteiger charge is -2.39. The summed E-state index contributed by atoms with van der Waals surface area (Å²) in [4.78, 5) is 17.1. The van der Waals surface area contributed by atoms with Crippen molar-refractivity contribution in [2.75, 3.05) is 13.1 Å². The number of alkyl halides is 1. The molecule has 2 heterocycles. The largest absolute Gasteiger partial charge is 0.471 e. The number of nitrogens with zero attached hydrogens (tertiary/aromatic N) is 3. The van der Waals surface area contributed by atoms with Crippen LogP contribution in [0.2, 0.25) is 0 Å². The van der Waals surface area contributed by atoms with Gasteiger partial charge < -0.3 is 9.64 Å². The van der Waals surface area contributed by atoms with E-state index in [1.165, 1.54) is 6.20 Å². The molecule has 1 aromatic heterocycles. The molecule has 0 radical (unpaired) electrons. The number of nitriles is 1. The van der Waals surface area contributed by atoms with Crippen molar-refractivity contribution in [1.82, 2.24) is 9.88 Å². The van der Waals surface area contributed by atoms with Gasteiger partial charge in [-0.05, 0) is 13.0 Å². The first-order chi connectivity index (χ1) is 8.60. The van der Waals surface area contributed by atoms with E-state index < -0.39 is 5.38 Å². The van der Waals surface area contributed by atoms with Crippen LogP contribution in [-0.4, -0.2) is 40.4 Å². The van der Waals surface area contributed by atoms with Gasteiger partial charge in [0, 0.05) is 12.3 Å². The van der Waals surface area contributed by atoms with Crippen LogP contribution in [0.15, 0.2) is 18.3 Å². The predicted octanol–water partition coefficient (Wildman–Crippen LogP) is 1.17. The zero-order valence-corrected chi connectivity index (χ0v) is 10.6. The third-order valence-electron chi connectivity index (χ3n) is 2.65. The van der Waals surface area contributed by atoms with Gasteiger partial charge in [-0.25, -0.2) is 4.98 Å². The maximum atomic E-state index is 11.5. The molecular weight excluding hydrogens is 254 g/mol. The maximum Gasteiger partial charge on any atom is 0.240 e. The van der Waals surface area contributed by atoms with Crippen LogP contribution in [0.5, 0.6) is 5.88 Å². The number of halogens is 1. The second-order valence-electron chi connectivity index (χ2n) is 4.09. The van der Waals surface area contributed by atoms with Crippen molar-refractivity contribution in [1.29, 1.82) is 5.26 Å². The summed E-state index contributed by atoms with van der Waals surface area (Å²) in [6.45, 7) is 2.67. The molecule has 1 fully saturated rings. The predicted molar refractivity (Wildman–Crippen MR) is 65.3 cm³/mol. The van der Waals surface area contributed by atoms with E-state index in [1.807, 2.05) is 6.07 Å². The van der Waals surface area contributed by atoms with E-state index in [1.54, 1.807) is 24.0 Å². The van der Waals surface area contributed by atoms with Crippen molar-refractivity contribution < 1.29 is 9.53 Å². The Labute approximate surface area is 110 Å². The highest BCUT2D eigenvalue weighted by atomic mass is 35.5. The van der Waals surface area contributed by atoms with Gasteiger partial charge in [-0.3, -0.25) is 4.79 Å². The van der Waals surface area contributed by atoms with E-state index in [0.29, 0.717) is 24.5 Å². The summed E-state index contributed by atoms with van der Waals surface area (Å²) >= 11 is 5.70. The third kappa shape index (κ3) is 2.71. The van der Waals surface area contributed by atoms with Crippen molar-refractivity contribution in [3.63, 3.8) is 0 Å². The van der Waals surface area contributed by atoms with Crippen LogP contribution in [-0.2, 0) is 4.79 Å². The van der Waals surface area contributed by atoms with E-state index in [9.17, 15) is 4.79 Å². The van der Waals surface area contributed by atoms with Crippen molar-refractivity contribution in [2.45, 2.75) is 18.4 Å². The average Bonchev–Trinajstić information content (AvgIpc) is 2.32. The molecule has 0 bridgehead atoms. The fourth-order valence-corrected chi connectivity index (χ4v) is 1.80. The molecule has 0 spiro atoms. The second-order valence-corrected chi connectivity index (χ2v) is 4.75. The molecule has 1 amide bonds. The van der Waals surface area contributed by atoms with Gasteiger partial charge in [0.1, 0.15) is 11.5 Å². The number of hydrogen-bond acceptors (Lipinski definition) is 4. The number of amides is 1. The van der Waals surface area contributed by atoms with Crippen LogP contribution in [0.3, 0.4) is 0 Å². The number of hydrogen-bond donors (Lipinski definition) is 0. The van der Waals surface area contributed by atoms with Crippen molar-refractivity contribution in [2.24, 2.45) is 0 Å². The lowest BCUT2D eigenvalue weighted by molar-refractivity contribution is -0.139. The summed E-state index contributed by atoms with van der Waals surface area (Å²) in [6, 6.07) is 5.20. The van der Waals surface area contributed by atoms with E-state index in [4.69, 9.17) is 21.6 Å². The summed E-state index contributed by atoms with van der Waals surface area (Å²) in [5.41, 5.74) is 0.502. The molecule has 1 aromatic rings. The lowest BCUT2D eigenvalue weighted by Crippen LogP contribution is -2.57. The minimum absolute atomic E-state index is 0.0780. The van der Waals surface area contributed by atoms with Gasteiger partial charge in [0.05, 0.1) is 24.7 Å². The Bertz CT molecular complexity index is 492. The number of rotatable bonds is 3. The van der Waals surface area contributed by atoms with Crippen LogP contribution >= 0.6 is 11.6 Å². The van der Waals surface area contributed by atoms with Crippen LogP contribution in [0.4, 0.5) is 0 Å². The van der Waals surface area contributed by atoms with Gasteiger partial charge in [-0.1, -0.05) is 0 Å². The molecule has 5 nitrogen and oxygen atoms in total. The summed E-state index contributed by atoms with van der Waals surface area (Å²) < 4.78 is 5.55. The molecule has 1 atom stereocenters. The van der Waals surface area contributed by atoms with Gasteiger partial charge in [-0.15, -0.1) is 11.6 Å². The number of likely N-dealkylation sites (tertiary alicyclic amines) is 1. The van der Waals surface area contributed by atoms with E-state index in [-0.39, 0.29) is 12.0 Å². The van der Waals surface area contributed by atoms with E-state index in [2.05, 4.69) is 4.98 Å². The molecule has 0 N–H and O–H groups in total. The smallest absolute Gasteiger partial charge is 0.240 e. The van der Waals surface area contributed by atoms with Gasteiger partial charge in [-0.2, -0.15) is 5.26 Å². The second kappa shape index (κ2) is 5.23. The van der Waals surface area contributed by atoms with Crippen LogP contribution < -0.4 is 4.74 Å². The Morgan fingerprint density at radius 1 is 1.72 bits per heavy atom. The lowest BCUT2D eigenvalue weighted by atomic mass is 10.1. The SMILES string of the molecule is CC(Cl)C(=O)N1CC(Oc2cc(C#N)ccn2)C1. The molecule has 0 saturated carbocycles. The first-order valence-corrected chi connectivity index (χ1v) is 5.99. The topological polar surface area (TPSA) is 66.2 Å². The zero-order valence-electron chi connectivity index (χ0n) is 9.84. The summed E-state index contributed by atoms with van der Waals surface area (Å²) in [7, 11) is 0. The third-order valence-corrected chi connectivity index (χ3v) is 2.84. The Morgan fingerprint density at radius 2 is 2.44 bits per heavy atom. The highest BCUT2D eigenvalue weighted by Gasteiger charge is 2.34. The van der Waals surface area contributed by atoms with E-state index >= 15 is 0 Å². The van der Waals surface area contributed by atoms with Gasteiger partial charge >= 0.3 is 0 Å². The fraction of sp³-hybridized carbons (Fsp3) is 0.417. The minimum Gasteiger partial charge on any atom is -0.471 e. The molecule has 94 valence electrons. The Balaban J connectivity index is 1.87. The summed E-state index contributed by atoms with van der Waals surface area (Å²) in [6.07, 6.45) is 1.45. The van der Waals surface area contributed by atoms with Gasteiger partial charge in [0.2, 0.25) is 11.8 Å². The van der Waals surface area contributed by atoms with Crippen molar-refractivity contribution in [3.8, 4) is 11.9 Å². The highest BCUT2D eigenvalue weighted by molar-refractivity contribution is 6.30. The molecular formula is C12H12ClN3O2. The Kier molecular flexibility index (Phi) is 3.68. The summed E-state index contributed by atoms with van der Waals surface area (Å²) in [5, 5.41) is 8.23. The first kappa shape index (κ1) is 12.7. The van der Waals surface area contributed by atoms with Gasteiger partial charge in [0.15, 0.2) is 0 Å². The molecule has 2 rings (SSSR count). The number of pyridine rings is 1.